The monoisotopic (exact) mass is 1820 g/mol. The van der Waals surface area contributed by atoms with E-state index in [-0.39, 0.29) is 132 Å². The summed E-state index contributed by atoms with van der Waals surface area (Å²) in [7, 11) is 7.16. The van der Waals surface area contributed by atoms with Crippen molar-refractivity contribution >= 4 is 111 Å². The van der Waals surface area contributed by atoms with Crippen molar-refractivity contribution in [1.82, 2.24) is 0 Å². The van der Waals surface area contributed by atoms with Crippen LogP contribution in [-0.2, 0) is 41.0 Å². The second kappa shape index (κ2) is 37.5. The smallest absolute Gasteiger partial charge is 0.216 e. The molecule has 8 aromatic heterocycles. The van der Waals surface area contributed by atoms with E-state index in [2.05, 4.69) is 19.4 Å². The number of pyridine rings is 4. The largest absolute Gasteiger partial charge is 0.456 e. The van der Waals surface area contributed by atoms with E-state index in [4.69, 9.17) is 87.8 Å². The summed E-state index contributed by atoms with van der Waals surface area (Å²) in [5.41, 5.74) is 17.5. The molecule has 1 unspecified atom stereocenters. The van der Waals surface area contributed by atoms with Crippen LogP contribution in [0.15, 0.2) is 260 Å². The van der Waals surface area contributed by atoms with Crippen molar-refractivity contribution in [3.63, 3.8) is 0 Å². The van der Waals surface area contributed by atoms with Crippen LogP contribution in [0.3, 0.4) is 0 Å². The predicted octanol–water partition coefficient (Wildman–Crippen LogP) is 32.9. The second-order valence-corrected chi connectivity index (χ2v) is 34.4. The van der Waals surface area contributed by atoms with Crippen molar-refractivity contribution in [3.8, 4) is 89.5 Å². The third-order valence-electron chi connectivity index (χ3n) is 25.6. The lowest BCUT2D eigenvalue weighted by Crippen LogP contribution is -2.37. The van der Waals surface area contributed by atoms with Crippen LogP contribution in [0.4, 0.5) is 22.7 Å². The molecule has 0 fully saturated rings. The van der Waals surface area contributed by atoms with Crippen LogP contribution < -0.4 is 18.3 Å². The topological polar surface area (TPSA) is 85.5 Å². The molecule has 0 saturated heterocycles. The average Bonchev–Trinajstić information content (AvgIpc) is 1.48. The van der Waals surface area contributed by atoms with E-state index < -0.39 is 153 Å². The lowest BCUT2D eigenvalue weighted by molar-refractivity contribution is -0.667. The number of aromatic nitrogens is 4. The van der Waals surface area contributed by atoms with Gasteiger partial charge in [0, 0.05) is 153 Å². The first-order chi connectivity index (χ1) is 79.2. The van der Waals surface area contributed by atoms with Gasteiger partial charge in [-0.2, -0.15) is 18.3 Å². The summed E-state index contributed by atoms with van der Waals surface area (Å²) in [5, 5.41) is 5.04. The molecule has 1 atom stereocenters. The molecule has 0 radical (unpaired) electrons. The van der Waals surface area contributed by atoms with Gasteiger partial charge in [-0.15, -0.1) is 0 Å². The Morgan fingerprint density at radius 2 is 0.537 bits per heavy atom. The Balaban J connectivity index is 0.000000151. The molecule has 672 valence electrons. The van der Waals surface area contributed by atoms with Crippen LogP contribution in [-0.4, -0.2) is 0 Å². The molecular weight excluding hydrogens is 1670 g/mol. The fourth-order valence-corrected chi connectivity index (χ4v) is 18.7. The average molecular weight is 1820 g/mol. The summed E-state index contributed by atoms with van der Waals surface area (Å²) < 4.78 is 319. The molecule has 0 saturated carbocycles. The summed E-state index contributed by atoms with van der Waals surface area (Å²) in [6.07, 6.45) is -1.82. The SMILES string of the molecule is [2H]c1c([2H])c([2H])c(-c2c([N+]#[C-])ccc3c2oc2c(-c4c([2H])c(C)c(C([2H])(C)C([2H])([2H])[2H])c(C)[n+]4C)c(C)ccc23)c([2H])c1[2H].[2H]c1c([2H])c([2H])c(-c2c([N+]#[C-])ccc3c2oc2c(-c4c([2H])c(C)c(C([2H])(C)C)c(C)[n+]4C)c(C)ccc23)c([2H])c1[2H].[2H]c1c([2H])c([2H])c(-c2c([N+]#[C-])ccc3c2oc2c(-c4c([2H])c(C)c(C([2H])([2H])C(C)C)c(C)[n+]4C)c(C)ccc23)c([2H])c1[2H].[2H]c1c([2H])c([2H])c(-c2c([N+]#[C-])ccc3c2oc2c(-c4c([2H])c(C)c(CC([2H])([2H])[2H])c(C)[n+]4C)c(C)ccc23)c([2H])c1[2H]. The van der Waals surface area contributed by atoms with Gasteiger partial charge in [0.05, 0.1) is 81.4 Å². The number of hydrogen-bond donors (Lipinski definition) is 0. The Morgan fingerprint density at radius 1 is 0.301 bits per heavy atom. The van der Waals surface area contributed by atoms with Crippen LogP contribution in [0.25, 0.3) is 197 Å². The van der Waals surface area contributed by atoms with E-state index >= 15 is 0 Å². The minimum absolute atomic E-state index is 0.0274. The summed E-state index contributed by atoms with van der Waals surface area (Å²) in [4.78, 5) is 14.4. The first kappa shape index (κ1) is 59.1. The molecular formula is C124H116N8O4+4. The maximum absolute atomic E-state index is 9.22. The summed E-state index contributed by atoms with van der Waals surface area (Å²) in [6, 6.07) is 19.1. The van der Waals surface area contributed by atoms with Gasteiger partial charge >= 0.3 is 0 Å². The zero-order chi connectivity index (χ0) is 126. The Labute approximate surface area is 846 Å². The van der Waals surface area contributed by atoms with Gasteiger partial charge in [0.15, 0.2) is 45.5 Å². The molecule has 0 N–H and O–H groups in total. The van der Waals surface area contributed by atoms with E-state index in [1.165, 1.54) is 13.0 Å². The first-order valence-electron chi connectivity index (χ1n) is 60.9. The molecule has 20 rings (SSSR count). The molecule has 8 heterocycles. The van der Waals surface area contributed by atoms with Crippen molar-refractivity contribution in [1.29, 1.82) is 0 Å². The Kier molecular flexibility index (Phi) is 16.3. The molecule has 12 heteroatoms. The van der Waals surface area contributed by atoms with Crippen molar-refractivity contribution in [2.24, 2.45) is 34.1 Å². The van der Waals surface area contributed by atoms with Crippen LogP contribution in [0, 0.1) is 115 Å². The van der Waals surface area contributed by atoms with Gasteiger partial charge in [0.25, 0.3) is 0 Å². The minimum Gasteiger partial charge on any atom is -0.456 e. The highest BCUT2D eigenvalue weighted by atomic mass is 16.3. The van der Waals surface area contributed by atoms with Crippen LogP contribution in [0.2, 0.25) is 0 Å². The van der Waals surface area contributed by atoms with Gasteiger partial charge in [0.1, 0.15) is 72.9 Å². The zero-order valence-corrected chi connectivity index (χ0v) is 79.2. The van der Waals surface area contributed by atoms with E-state index in [0.29, 0.717) is 161 Å². The zero-order valence-electron chi connectivity index (χ0n) is 113. The van der Waals surface area contributed by atoms with Crippen LogP contribution >= 0.6 is 0 Å². The Hall–Kier alpha value is -15.6. The minimum atomic E-state index is -2.64. The summed E-state index contributed by atoms with van der Waals surface area (Å²) >= 11 is 0. The van der Waals surface area contributed by atoms with Crippen molar-refractivity contribution in [3.05, 3.63) is 377 Å². The van der Waals surface area contributed by atoms with Crippen molar-refractivity contribution in [2.75, 3.05) is 0 Å². The van der Waals surface area contributed by atoms with Crippen molar-refractivity contribution < 1.29 is 82.5 Å². The highest BCUT2D eigenvalue weighted by Gasteiger charge is 2.33. The fraction of sp³-hybridized carbons (Fsp3) is 0.226. The van der Waals surface area contributed by atoms with Gasteiger partial charge in [-0.1, -0.05) is 266 Å². The number of aryl methyl sites for hydroxylation is 4. The third kappa shape index (κ3) is 16.1. The van der Waals surface area contributed by atoms with E-state index in [1.807, 2.05) is 148 Å². The van der Waals surface area contributed by atoms with E-state index in [0.717, 1.165) is 33.5 Å². The van der Waals surface area contributed by atoms with Gasteiger partial charge in [0.2, 0.25) is 22.8 Å². The number of furan rings is 4. The maximum atomic E-state index is 9.22. The second-order valence-electron chi connectivity index (χ2n) is 34.4. The molecule has 0 aliphatic rings. The molecule has 0 bridgehead atoms. The standard InChI is InChI=1S/C32H31N2O.2C31H29N2O.C30H27N2O/c1-19(2)17-26-21(4)18-28(34(7)22(26)5)29-20(3)13-14-24-25-15-16-27(33-6)30(32(25)35-31(24)29)23-11-9-8-10-12-23;2*1-18(2)27-20(4)17-26(33(7)21(27)5)28-19(3)13-14-23-24-15-16-25(32-6)29(31(24)34-30(23)28)22-11-9-8-10-12-22;1-7-22-19(3)17-26(32(6)20(22)4)27-18(2)13-14-23-24-15-16-25(31-5)28(30(24)33-29(23)27)21-11-9-8-10-12-21/h8-16,18-19H,17H2,1-5,7H3;2*8-18H,1-5,7H3;8-17H,7H2,1-4,6H3/q4*+1/i8D,9D,10D,11D,12D,17D2,18D;1D3,8D,9D,10D,11D,12D,17D,18D;8D,9D,10D,11D,12D,17D,18D;1D3,8D,9D,10D,11D,12D,17D. The molecule has 20 aromatic rings. The Morgan fingerprint density at radius 3 is 0.787 bits per heavy atom. The summed E-state index contributed by atoms with van der Waals surface area (Å²) in [5.74, 6) is -3.19. The van der Waals surface area contributed by atoms with E-state index in [1.54, 1.807) is 100 Å². The highest BCUT2D eigenvalue weighted by Crippen LogP contribution is 2.51. The molecule has 0 amide bonds. The van der Waals surface area contributed by atoms with Crippen LogP contribution in [0.5, 0.6) is 0 Å². The van der Waals surface area contributed by atoms with Crippen LogP contribution in [0.1, 0.15) is 196 Å². The van der Waals surface area contributed by atoms with Gasteiger partial charge < -0.3 is 17.7 Å². The Bertz CT molecular complexity index is 10300. The maximum Gasteiger partial charge on any atom is 0.216 e. The fourth-order valence-electron chi connectivity index (χ4n) is 18.7. The number of benzene rings is 12. The lowest BCUT2D eigenvalue weighted by atomic mass is 9.93. The number of nitrogens with zero attached hydrogens (tertiary/aromatic N) is 8. The quantitative estimate of drug-likeness (QED) is 0.0850. The number of rotatable bonds is 13. The predicted molar refractivity (Wildman–Crippen MR) is 561 cm³/mol. The number of hydrogen-bond acceptors (Lipinski definition) is 4. The summed E-state index contributed by atoms with van der Waals surface area (Å²) in [6.45, 7) is 56.8. The van der Waals surface area contributed by atoms with Gasteiger partial charge in [-0.25, -0.2) is 19.4 Å². The molecule has 0 spiro atoms. The molecule has 136 heavy (non-hydrogen) atoms. The molecule has 0 aliphatic carbocycles. The number of fused-ring (bicyclic) bond motifs is 12. The lowest BCUT2D eigenvalue weighted by Gasteiger charge is -2.15. The highest BCUT2D eigenvalue weighted by molar-refractivity contribution is 6.19. The first-order valence-corrected chi connectivity index (χ1v) is 43.9. The van der Waals surface area contributed by atoms with Crippen molar-refractivity contribution in [2.45, 2.75) is 156 Å². The molecule has 0 aliphatic heterocycles. The van der Waals surface area contributed by atoms with Gasteiger partial charge in [-0.3, -0.25) is 0 Å². The van der Waals surface area contributed by atoms with E-state index in [9.17, 15) is 2.74 Å². The molecule has 12 nitrogen and oxygen atoms in total. The van der Waals surface area contributed by atoms with Gasteiger partial charge in [-0.05, 0) is 153 Å². The third-order valence-corrected chi connectivity index (χ3v) is 25.6. The normalized spacial score (nSPS) is 15.8. The molecule has 12 aromatic carbocycles.